The molecule has 2 fully saturated rings. The fourth-order valence-corrected chi connectivity index (χ4v) is 5.69. The first kappa shape index (κ1) is 25.5. The number of para-hydroxylation sites is 1. The maximum atomic E-state index is 12.9. The number of aliphatic hydroxyl groups excluding tert-OH is 1. The lowest BCUT2D eigenvalue weighted by molar-refractivity contribution is -0.152. The summed E-state index contributed by atoms with van der Waals surface area (Å²) in [6, 6.07) is 5.81. The number of nitrogens with zero attached hydrogens (tertiary/aromatic N) is 2. The van der Waals surface area contributed by atoms with Crippen molar-refractivity contribution in [3.05, 3.63) is 35.5 Å². The van der Waals surface area contributed by atoms with Gasteiger partial charge in [0.1, 0.15) is 6.04 Å². The number of H-pyrrole nitrogens is 1. The summed E-state index contributed by atoms with van der Waals surface area (Å²) in [6.45, 7) is 8.75. The molecule has 3 heterocycles. The van der Waals surface area contributed by atoms with E-state index in [-0.39, 0.29) is 23.9 Å². The number of aromatic nitrogens is 1. The van der Waals surface area contributed by atoms with Crippen molar-refractivity contribution in [3.63, 3.8) is 0 Å². The van der Waals surface area contributed by atoms with Crippen molar-refractivity contribution in [3.8, 4) is 0 Å². The zero-order chi connectivity index (χ0) is 25.1. The summed E-state index contributed by atoms with van der Waals surface area (Å²) >= 11 is 0. The average molecular weight is 486 g/mol. The molecule has 2 aliphatic rings. The van der Waals surface area contributed by atoms with E-state index in [9.17, 15) is 14.7 Å². The summed E-state index contributed by atoms with van der Waals surface area (Å²) in [4.78, 5) is 32.4. The number of β-amino-alcohol motifs (C(OH)–C–C–N with tert-alkyl or cyclic N) is 1. The number of likely N-dealkylation sites (tertiary alicyclic amines) is 2. The van der Waals surface area contributed by atoms with E-state index in [0.717, 1.165) is 22.9 Å². The van der Waals surface area contributed by atoms with Gasteiger partial charge in [-0.2, -0.15) is 0 Å². The highest BCUT2D eigenvalue weighted by Crippen LogP contribution is 2.36. The van der Waals surface area contributed by atoms with Gasteiger partial charge in [-0.3, -0.25) is 9.69 Å². The predicted molar refractivity (Wildman–Crippen MR) is 134 cm³/mol. The minimum Gasteiger partial charge on any atom is -0.468 e. The van der Waals surface area contributed by atoms with Gasteiger partial charge in [-0.05, 0) is 55.7 Å². The Hall–Kier alpha value is -2.58. The van der Waals surface area contributed by atoms with Gasteiger partial charge in [-0.15, -0.1) is 0 Å². The zero-order valence-corrected chi connectivity index (χ0v) is 21.3. The van der Waals surface area contributed by atoms with E-state index in [1.54, 1.807) is 4.90 Å². The fourth-order valence-electron chi connectivity index (χ4n) is 5.69. The molecule has 8 nitrogen and oxygen atoms in total. The van der Waals surface area contributed by atoms with Crippen LogP contribution in [0.2, 0.25) is 0 Å². The van der Waals surface area contributed by atoms with Gasteiger partial charge in [0.2, 0.25) is 0 Å². The van der Waals surface area contributed by atoms with Crippen LogP contribution >= 0.6 is 0 Å². The number of aliphatic hydroxyl groups is 1. The number of carbonyl (C=O) groups is 2. The van der Waals surface area contributed by atoms with Crippen molar-refractivity contribution in [1.82, 2.24) is 14.8 Å². The van der Waals surface area contributed by atoms with Crippen LogP contribution in [-0.4, -0.2) is 84.0 Å². The van der Waals surface area contributed by atoms with E-state index < -0.39 is 12.1 Å². The number of benzene rings is 1. The summed E-state index contributed by atoms with van der Waals surface area (Å²) in [5.74, 6) is 0.107. The molecule has 0 radical (unpaired) electrons. The highest BCUT2D eigenvalue weighted by molar-refractivity contribution is 5.86. The van der Waals surface area contributed by atoms with E-state index in [1.165, 1.54) is 12.7 Å². The van der Waals surface area contributed by atoms with Crippen LogP contribution in [0.5, 0.6) is 0 Å². The third-order valence-electron chi connectivity index (χ3n) is 7.59. The van der Waals surface area contributed by atoms with Crippen LogP contribution in [0.25, 0.3) is 10.9 Å². The first-order valence-corrected chi connectivity index (χ1v) is 12.8. The number of hydrogen-bond acceptors (Lipinski definition) is 6. The van der Waals surface area contributed by atoms with E-state index in [2.05, 4.69) is 35.0 Å². The molecule has 8 heteroatoms. The van der Waals surface area contributed by atoms with Crippen molar-refractivity contribution in [2.24, 2.45) is 11.8 Å². The number of fused-ring (bicyclic) bond motifs is 1. The number of nitrogens with one attached hydrogen (secondary N) is 1. The van der Waals surface area contributed by atoms with E-state index in [1.807, 2.05) is 20.0 Å². The number of carbonyl (C=O) groups excluding carboxylic acids is 2. The Morgan fingerprint density at radius 3 is 2.57 bits per heavy atom. The summed E-state index contributed by atoms with van der Waals surface area (Å²) in [7, 11) is 1.42. The standard InChI is InChI=1S/C27H39N3O5/c1-17(2)16-35-27(33)29-11-8-19(9-12-29)25(26(32)34-4)30-13-10-20(23(31)15-30)22-14-28-24-18(3)6-5-7-21(22)24/h5-7,14,17,19-20,23,25,28,31H,8-13,15-16H2,1-4H3. The number of esters is 1. The van der Waals surface area contributed by atoms with Crippen LogP contribution in [0.1, 0.15) is 50.2 Å². The van der Waals surface area contributed by atoms with Crippen LogP contribution in [0.15, 0.2) is 24.4 Å². The van der Waals surface area contributed by atoms with Crippen molar-refractivity contribution >= 4 is 23.0 Å². The number of rotatable bonds is 6. The van der Waals surface area contributed by atoms with Crippen LogP contribution in [0.4, 0.5) is 4.79 Å². The molecule has 0 aliphatic carbocycles. The topological polar surface area (TPSA) is 95.1 Å². The number of aryl methyl sites for hydroxylation is 1. The van der Waals surface area contributed by atoms with Crippen LogP contribution < -0.4 is 0 Å². The number of methoxy groups -OCH3 is 1. The smallest absolute Gasteiger partial charge is 0.409 e. The SMILES string of the molecule is COC(=O)C(C1CCN(C(=O)OCC(C)C)CC1)N1CCC(c2c[nH]c3c(C)cccc23)C(O)C1. The number of ether oxygens (including phenoxy) is 2. The zero-order valence-electron chi connectivity index (χ0n) is 21.3. The molecule has 3 atom stereocenters. The Kier molecular flexibility index (Phi) is 8.02. The monoisotopic (exact) mass is 485 g/mol. The molecule has 1 aromatic heterocycles. The highest BCUT2D eigenvalue weighted by Gasteiger charge is 2.41. The summed E-state index contributed by atoms with van der Waals surface area (Å²) < 4.78 is 10.6. The summed E-state index contributed by atoms with van der Waals surface area (Å²) in [5.41, 5.74) is 3.44. The molecule has 1 aromatic carbocycles. The molecule has 2 saturated heterocycles. The number of amides is 1. The molecule has 35 heavy (non-hydrogen) atoms. The lowest BCUT2D eigenvalue weighted by Crippen LogP contribution is -2.55. The number of hydrogen-bond donors (Lipinski definition) is 2. The summed E-state index contributed by atoms with van der Waals surface area (Å²) in [5, 5.41) is 12.3. The molecule has 1 amide bonds. The molecule has 2 aromatic rings. The lowest BCUT2D eigenvalue weighted by atomic mass is 9.83. The van der Waals surface area contributed by atoms with E-state index in [0.29, 0.717) is 51.5 Å². The van der Waals surface area contributed by atoms with E-state index in [4.69, 9.17) is 9.47 Å². The minimum atomic E-state index is -0.582. The molecule has 0 bridgehead atoms. The van der Waals surface area contributed by atoms with E-state index >= 15 is 0 Å². The van der Waals surface area contributed by atoms with Crippen LogP contribution in [0, 0.1) is 18.8 Å². The number of aromatic amines is 1. The van der Waals surface area contributed by atoms with Gasteiger partial charge < -0.3 is 24.5 Å². The Bertz CT molecular complexity index is 1030. The first-order valence-electron chi connectivity index (χ1n) is 12.8. The molecule has 2 N–H and O–H groups in total. The lowest BCUT2D eigenvalue weighted by Gasteiger charge is -2.43. The van der Waals surface area contributed by atoms with Crippen molar-refractivity contribution in [2.75, 3.05) is 39.9 Å². The molecular formula is C27H39N3O5. The molecule has 0 spiro atoms. The van der Waals surface area contributed by atoms with Gasteiger partial charge in [0.05, 0.1) is 19.8 Å². The first-order chi connectivity index (χ1) is 16.8. The Labute approximate surface area is 207 Å². The second kappa shape index (κ2) is 11.0. The third-order valence-corrected chi connectivity index (χ3v) is 7.59. The maximum absolute atomic E-state index is 12.9. The van der Waals surface area contributed by atoms with Crippen molar-refractivity contribution in [1.29, 1.82) is 0 Å². The molecule has 3 unspecified atom stereocenters. The largest absolute Gasteiger partial charge is 0.468 e. The third kappa shape index (κ3) is 5.48. The van der Waals surface area contributed by atoms with Gasteiger partial charge in [0, 0.05) is 42.7 Å². The highest BCUT2D eigenvalue weighted by atomic mass is 16.6. The maximum Gasteiger partial charge on any atom is 0.409 e. The average Bonchev–Trinajstić information content (AvgIpc) is 3.28. The quantitative estimate of drug-likeness (QED) is 0.606. The van der Waals surface area contributed by atoms with Gasteiger partial charge in [0.25, 0.3) is 0 Å². The van der Waals surface area contributed by atoms with Crippen LogP contribution in [0.3, 0.4) is 0 Å². The van der Waals surface area contributed by atoms with Gasteiger partial charge in [0.15, 0.2) is 0 Å². The minimum absolute atomic E-state index is 0.0117. The summed E-state index contributed by atoms with van der Waals surface area (Å²) in [6.07, 6.45) is 3.32. The predicted octanol–water partition coefficient (Wildman–Crippen LogP) is 3.67. The second-order valence-corrected chi connectivity index (χ2v) is 10.5. The molecule has 2 aliphatic heterocycles. The number of piperidine rings is 2. The molecular weight excluding hydrogens is 446 g/mol. The normalized spacial score (nSPS) is 23.0. The Morgan fingerprint density at radius 1 is 1.17 bits per heavy atom. The molecule has 4 rings (SSSR count). The fraction of sp³-hybridized carbons (Fsp3) is 0.630. The second-order valence-electron chi connectivity index (χ2n) is 10.5. The van der Waals surface area contributed by atoms with Crippen LogP contribution in [-0.2, 0) is 14.3 Å². The van der Waals surface area contributed by atoms with Gasteiger partial charge in [-0.25, -0.2) is 4.79 Å². The van der Waals surface area contributed by atoms with Gasteiger partial charge >= 0.3 is 12.1 Å². The molecule has 0 saturated carbocycles. The molecule has 192 valence electrons. The van der Waals surface area contributed by atoms with Gasteiger partial charge in [-0.1, -0.05) is 32.0 Å². The Morgan fingerprint density at radius 2 is 1.91 bits per heavy atom. The Balaban J connectivity index is 1.41. The van der Waals surface area contributed by atoms with Crippen molar-refractivity contribution < 1.29 is 24.2 Å². The van der Waals surface area contributed by atoms with Crippen molar-refractivity contribution in [2.45, 2.75) is 58.1 Å².